The number of nitro groups is 1. The molecule has 0 aromatic heterocycles. The SMILES string of the molecule is CC(=O)N[C@H]1[C@H](Oc2ccc([N+](=O)[O-])cc2)O[C@H](CO)[C@@H](O[C@@H]2O[C@H](CO)[C@@H](O[C@@H]3O[C@H](CO)[C@@H](O[C@@H]4O[C@H](CO)[C@@H](O)[C@H](O)[C@H]4NC(C)=O)[C@H](O)[C@H]3NC(C)=O)[C@H](O)[C@H]2NC(C)=O)[C@@H]1O. The highest BCUT2D eigenvalue weighted by Gasteiger charge is 2.56. The fraction of sp³-hybridized carbons (Fsp3) is 0.737. The van der Waals surface area contributed by atoms with Crippen LogP contribution in [0.4, 0.5) is 5.69 Å². The summed E-state index contributed by atoms with van der Waals surface area (Å²) in [7, 11) is 0. The van der Waals surface area contributed by atoms with E-state index in [-0.39, 0.29) is 11.4 Å². The fourth-order valence-electron chi connectivity index (χ4n) is 8.03. The number of amides is 4. The molecule has 4 saturated heterocycles. The monoisotopic (exact) mass is 951 g/mol. The van der Waals surface area contributed by atoms with Crippen molar-refractivity contribution in [3.05, 3.63) is 34.4 Å². The Morgan fingerprint density at radius 3 is 1.14 bits per heavy atom. The zero-order valence-electron chi connectivity index (χ0n) is 35.9. The van der Waals surface area contributed by atoms with Gasteiger partial charge >= 0.3 is 0 Å². The van der Waals surface area contributed by atoms with Crippen molar-refractivity contribution in [2.24, 2.45) is 0 Å². The van der Waals surface area contributed by atoms with Crippen LogP contribution in [0.15, 0.2) is 24.3 Å². The molecule has 13 N–H and O–H groups in total. The lowest BCUT2D eigenvalue weighted by Gasteiger charge is -2.51. The minimum atomic E-state index is -1.94. The van der Waals surface area contributed by atoms with Gasteiger partial charge in [0.05, 0.1) is 31.4 Å². The first-order valence-electron chi connectivity index (χ1n) is 20.6. The Labute approximate surface area is 375 Å². The summed E-state index contributed by atoms with van der Waals surface area (Å²) in [4.78, 5) is 59.9. The van der Waals surface area contributed by atoms with E-state index in [2.05, 4.69) is 21.3 Å². The number of carbonyl (C=O) groups excluding carboxylic acids is 4. The van der Waals surface area contributed by atoms with Gasteiger partial charge in [-0.2, -0.15) is 0 Å². The molecule has 4 aliphatic heterocycles. The zero-order chi connectivity index (χ0) is 48.7. The second kappa shape index (κ2) is 23.1. The number of hydrogen-bond acceptors (Lipinski definition) is 23. The predicted octanol–water partition coefficient (Wildman–Crippen LogP) is -7.18. The number of carbonyl (C=O) groups is 4. The molecular formula is C38H57N5O23. The van der Waals surface area contributed by atoms with Crippen LogP contribution in [0.3, 0.4) is 0 Å². The van der Waals surface area contributed by atoms with E-state index >= 15 is 0 Å². The number of rotatable bonds is 17. The maximum Gasteiger partial charge on any atom is 0.269 e. The van der Waals surface area contributed by atoms with Crippen molar-refractivity contribution in [3.8, 4) is 5.75 Å². The topological polar surface area (TPSA) is 415 Å². The Morgan fingerprint density at radius 2 is 0.818 bits per heavy atom. The summed E-state index contributed by atoms with van der Waals surface area (Å²) in [5, 5.41) is 119. The lowest BCUT2D eigenvalue weighted by Crippen LogP contribution is -2.72. The van der Waals surface area contributed by atoms with Gasteiger partial charge in [0.2, 0.25) is 29.9 Å². The number of aliphatic hydroxyl groups is 9. The highest BCUT2D eigenvalue weighted by molar-refractivity contribution is 5.74. The van der Waals surface area contributed by atoms with Crippen molar-refractivity contribution in [3.63, 3.8) is 0 Å². The highest BCUT2D eigenvalue weighted by Crippen LogP contribution is 2.35. The number of non-ortho nitro benzene ring substituents is 1. The van der Waals surface area contributed by atoms with Gasteiger partial charge in [0, 0.05) is 39.8 Å². The summed E-state index contributed by atoms with van der Waals surface area (Å²) >= 11 is 0. The van der Waals surface area contributed by atoms with E-state index in [1.807, 2.05) is 0 Å². The summed E-state index contributed by atoms with van der Waals surface area (Å²) in [5.74, 6) is -2.90. The van der Waals surface area contributed by atoms with E-state index in [1.165, 1.54) is 12.1 Å². The van der Waals surface area contributed by atoms with Gasteiger partial charge < -0.3 is 105 Å². The summed E-state index contributed by atoms with van der Waals surface area (Å²) in [6, 6.07) is -1.52. The van der Waals surface area contributed by atoms with Gasteiger partial charge in [-0.05, 0) is 12.1 Å². The number of ether oxygens (including phenoxy) is 8. The van der Waals surface area contributed by atoms with Crippen molar-refractivity contribution in [2.45, 2.75) is 150 Å². The van der Waals surface area contributed by atoms with Crippen molar-refractivity contribution < 1.29 is 108 Å². The molecular weight excluding hydrogens is 894 g/mol. The average Bonchev–Trinajstić information content (AvgIpc) is 3.26. The molecule has 0 bridgehead atoms. The molecule has 4 heterocycles. The van der Waals surface area contributed by atoms with Crippen LogP contribution in [0.5, 0.6) is 5.75 Å². The Balaban J connectivity index is 1.39. The second-order valence-corrected chi connectivity index (χ2v) is 15.9. The molecule has 28 nitrogen and oxygen atoms in total. The van der Waals surface area contributed by atoms with Crippen LogP contribution in [0.25, 0.3) is 0 Å². The molecule has 66 heavy (non-hydrogen) atoms. The first kappa shape index (κ1) is 52.6. The van der Waals surface area contributed by atoms with Gasteiger partial charge in [-0.25, -0.2) is 0 Å². The van der Waals surface area contributed by atoms with Gasteiger partial charge in [-0.3, -0.25) is 29.3 Å². The summed E-state index contributed by atoms with van der Waals surface area (Å²) in [5.41, 5.74) is -0.263. The third-order valence-corrected chi connectivity index (χ3v) is 11.1. The lowest BCUT2D eigenvalue weighted by atomic mass is 9.93. The van der Waals surface area contributed by atoms with Crippen LogP contribution in [0.1, 0.15) is 27.7 Å². The normalized spacial score (nSPS) is 39.2. The Morgan fingerprint density at radius 1 is 0.515 bits per heavy atom. The smallest absolute Gasteiger partial charge is 0.269 e. The highest BCUT2D eigenvalue weighted by atomic mass is 16.8. The number of nitrogens with zero attached hydrogens (tertiary/aromatic N) is 1. The first-order valence-corrected chi connectivity index (χ1v) is 20.6. The molecule has 0 unspecified atom stereocenters. The van der Waals surface area contributed by atoms with E-state index < -0.39 is 178 Å². The maximum atomic E-state index is 12.6. The van der Waals surface area contributed by atoms with Gasteiger partial charge in [0.1, 0.15) is 103 Å². The summed E-state index contributed by atoms with van der Waals surface area (Å²) in [6.45, 7) is 0.756. The van der Waals surface area contributed by atoms with Gasteiger partial charge in [-0.15, -0.1) is 0 Å². The summed E-state index contributed by atoms with van der Waals surface area (Å²) < 4.78 is 47.4. The van der Waals surface area contributed by atoms with Gasteiger partial charge in [0.15, 0.2) is 18.9 Å². The van der Waals surface area contributed by atoms with Crippen molar-refractivity contribution in [2.75, 3.05) is 26.4 Å². The standard InChI is InChI=1S/C38H57N5O23/c1-13(48)39-23-28(53)27(52)19(9-44)60-36(23)64-33-21(11-46)62-38(25(30(33)55)41-15(3)50)66-34-22(12-47)63-37(26(31(34)56)42-16(4)51)65-32-20(10-45)61-35(24(29(32)54)40-14(2)49)59-18-7-5-17(6-8-18)43(57)58/h5-8,19-38,44-47,52-56H,9-12H2,1-4H3,(H,39,48)(H,40,49)(H,41,50)(H,42,51)/t19-,20-,21-,22-,23-,24-,25-,26-,27-,28-,29-,30-,31-,32-,33-,34-,35-,36+,37+,38+/m1/s1. The van der Waals surface area contributed by atoms with E-state index in [0.717, 1.165) is 39.8 Å². The fourth-order valence-corrected chi connectivity index (χ4v) is 8.03. The predicted molar refractivity (Wildman–Crippen MR) is 212 cm³/mol. The average molecular weight is 952 g/mol. The molecule has 0 saturated carbocycles. The van der Waals surface area contributed by atoms with Gasteiger partial charge in [-0.1, -0.05) is 0 Å². The Bertz CT molecular complexity index is 1820. The molecule has 4 fully saturated rings. The molecule has 372 valence electrons. The molecule has 1 aromatic carbocycles. The molecule has 0 spiro atoms. The summed E-state index contributed by atoms with van der Waals surface area (Å²) in [6.07, 6.45) is -27.2. The van der Waals surface area contributed by atoms with Crippen LogP contribution in [-0.2, 0) is 52.3 Å². The van der Waals surface area contributed by atoms with Crippen molar-refractivity contribution in [1.29, 1.82) is 0 Å². The molecule has 0 aliphatic carbocycles. The van der Waals surface area contributed by atoms with Crippen LogP contribution in [0.2, 0.25) is 0 Å². The molecule has 20 atom stereocenters. The van der Waals surface area contributed by atoms with Crippen LogP contribution in [-0.4, -0.2) is 224 Å². The Kier molecular flexibility index (Phi) is 18.4. The van der Waals surface area contributed by atoms with Crippen LogP contribution in [0, 0.1) is 10.1 Å². The van der Waals surface area contributed by atoms with E-state index in [9.17, 15) is 75.3 Å². The Hall–Kier alpha value is -4.34. The minimum Gasteiger partial charge on any atom is -0.463 e. The van der Waals surface area contributed by atoms with Gasteiger partial charge in [0.25, 0.3) is 5.69 Å². The number of nitro benzene ring substituents is 1. The molecule has 0 radical (unpaired) electrons. The lowest BCUT2D eigenvalue weighted by molar-refractivity contribution is -0.384. The molecule has 4 aliphatic rings. The van der Waals surface area contributed by atoms with Crippen molar-refractivity contribution in [1.82, 2.24) is 21.3 Å². The molecule has 28 heteroatoms. The first-order chi connectivity index (χ1) is 31.2. The quantitative estimate of drug-likeness (QED) is 0.0510. The minimum absolute atomic E-state index is 0.0136. The number of hydrogen-bond donors (Lipinski definition) is 13. The zero-order valence-corrected chi connectivity index (χ0v) is 35.9. The van der Waals surface area contributed by atoms with Crippen LogP contribution >= 0.6 is 0 Å². The van der Waals surface area contributed by atoms with E-state index in [4.69, 9.17) is 37.9 Å². The second-order valence-electron chi connectivity index (χ2n) is 15.9. The van der Waals surface area contributed by atoms with Crippen molar-refractivity contribution >= 4 is 29.3 Å². The maximum absolute atomic E-state index is 12.6. The number of aliphatic hydroxyl groups excluding tert-OH is 9. The largest absolute Gasteiger partial charge is 0.463 e. The van der Waals surface area contributed by atoms with E-state index in [0.29, 0.717) is 0 Å². The third kappa shape index (κ3) is 12.2. The van der Waals surface area contributed by atoms with E-state index in [1.54, 1.807) is 0 Å². The number of benzene rings is 1. The van der Waals surface area contributed by atoms with Crippen LogP contribution < -0.4 is 26.0 Å². The third-order valence-electron chi connectivity index (χ3n) is 11.1. The number of nitrogens with one attached hydrogen (secondary N) is 4. The molecule has 1 aromatic rings. The molecule has 4 amide bonds. The molecule has 5 rings (SSSR count).